The zero-order valence-corrected chi connectivity index (χ0v) is 14.9. The van der Waals surface area contributed by atoms with Crippen LogP contribution < -0.4 is 11.1 Å². The SMILES string of the molecule is O=c1ccnc(Sc2c(-c3ccccc3)c3cc(Cl)ccc3[nH]c2=O)[nH]1. The summed E-state index contributed by atoms with van der Waals surface area (Å²) in [7, 11) is 0. The summed E-state index contributed by atoms with van der Waals surface area (Å²) in [6.07, 6.45) is 1.41. The minimum Gasteiger partial charge on any atom is -0.321 e. The van der Waals surface area contributed by atoms with E-state index in [-0.39, 0.29) is 11.1 Å². The highest BCUT2D eigenvalue weighted by molar-refractivity contribution is 7.99. The number of pyridine rings is 1. The maximum absolute atomic E-state index is 12.8. The summed E-state index contributed by atoms with van der Waals surface area (Å²) in [5.41, 5.74) is 1.80. The molecule has 0 aliphatic heterocycles. The average Bonchev–Trinajstić information content (AvgIpc) is 2.63. The van der Waals surface area contributed by atoms with E-state index in [9.17, 15) is 9.59 Å². The van der Waals surface area contributed by atoms with Gasteiger partial charge in [-0.2, -0.15) is 0 Å². The lowest BCUT2D eigenvalue weighted by molar-refractivity contribution is 0.935. The summed E-state index contributed by atoms with van der Waals surface area (Å²) in [4.78, 5) is 34.4. The van der Waals surface area contributed by atoms with Crippen LogP contribution in [0, 0.1) is 0 Å². The van der Waals surface area contributed by atoms with Gasteiger partial charge >= 0.3 is 0 Å². The van der Waals surface area contributed by atoms with Crippen LogP contribution in [0.5, 0.6) is 0 Å². The Bertz CT molecular complexity index is 1220. The van der Waals surface area contributed by atoms with Gasteiger partial charge in [-0.05, 0) is 35.5 Å². The minimum absolute atomic E-state index is 0.254. The molecule has 5 nitrogen and oxygen atoms in total. The molecule has 0 saturated carbocycles. The molecule has 7 heteroatoms. The van der Waals surface area contributed by atoms with E-state index in [4.69, 9.17) is 11.6 Å². The van der Waals surface area contributed by atoms with Gasteiger partial charge < -0.3 is 9.97 Å². The fourth-order valence-electron chi connectivity index (χ4n) is 2.74. The molecule has 0 radical (unpaired) electrons. The zero-order valence-electron chi connectivity index (χ0n) is 13.3. The van der Waals surface area contributed by atoms with Crippen molar-refractivity contribution in [2.45, 2.75) is 10.1 Å². The zero-order chi connectivity index (χ0) is 18.1. The quantitative estimate of drug-likeness (QED) is 0.524. The van der Waals surface area contributed by atoms with Crippen LogP contribution in [0.25, 0.3) is 22.0 Å². The Balaban J connectivity index is 2.03. The van der Waals surface area contributed by atoms with Crippen molar-refractivity contribution in [1.29, 1.82) is 0 Å². The summed E-state index contributed by atoms with van der Waals surface area (Å²) >= 11 is 7.31. The molecule has 26 heavy (non-hydrogen) atoms. The van der Waals surface area contributed by atoms with Crippen molar-refractivity contribution < 1.29 is 0 Å². The highest BCUT2D eigenvalue weighted by Gasteiger charge is 2.17. The van der Waals surface area contributed by atoms with Crippen molar-refractivity contribution in [2.75, 3.05) is 0 Å². The number of rotatable bonds is 3. The van der Waals surface area contributed by atoms with Gasteiger partial charge in [-0.3, -0.25) is 9.59 Å². The first kappa shape index (κ1) is 16.6. The molecule has 0 atom stereocenters. The number of nitrogens with one attached hydrogen (secondary N) is 2. The molecule has 0 aliphatic rings. The number of hydrogen-bond donors (Lipinski definition) is 2. The second-order valence-corrected chi connectivity index (χ2v) is 6.99. The fraction of sp³-hybridized carbons (Fsp3) is 0. The molecular formula is C19H12ClN3O2S. The number of nitrogens with zero attached hydrogens (tertiary/aromatic N) is 1. The van der Waals surface area contributed by atoms with E-state index in [1.165, 1.54) is 12.3 Å². The first-order chi connectivity index (χ1) is 12.6. The first-order valence-electron chi connectivity index (χ1n) is 7.76. The average molecular weight is 382 g/mol. The fourth-order valence-corrected chi connectivity index (χ4v) is 3.84. The van der Waals surface area contributed by atoms with Gasteiger partial charge in [0, 0.05) is 33.8 Å². The molecule has 0 saturated heterocycles. The van der Waals surface area contributed by atoms with Gasteiger partial charge in [0.25, 0.3) is 11.1 Å². The van der Waals surface area contributed by atoms with Crippen LogP contribution in [0.2, 0.25) is 5.02 Å². The molecule has 128 valence electrons. The summed E-state index contributed by atoms with van der Waals surface area (Å²) in [6, 6.07) is 16.2. The Morgan fingerprint density at radius 1 is 0.962 bits per heavy atom. The number of fused-ring (bicyclic) bond motifs is 1. The molecule has 4 aromatic rings. The molecule has 2 N–H and O–H groups in total. The Kier molecular flexibility index (Phi) is 4.36. The van der Waals surface area contributed by atoms with E-state index in [1.54, 1.807) is 12.1 Å². The normalized spacial score (nSPS) is 11.0. The van der Waals surface area contributed by atoms with Crippen molar-refractivity contribution in [3.63, 3.8) is 0 Å². The second kappa shape index (κ2) is 6.82. The number of aromatic amines is 2. The minimum atomic E-state index is -0.274. The maximum atomic E-state index is 12.8. The Hall–Kier alpha value is -2.83. The van der Waals surface area contributed by atoms with Crippen LogP contribution in [0.3, 0.4) is 0 Å². The lowest BCUT2D eigenvalue weighted by Crippen LogP contribution is -2.12. The van der Waals surface area contributed by atoms with E-state index >= 15 is 0 Å². The summed E-state index contributed by atoms with van der Waals surface area (Å²) in [6.45, 7) is 0. The van der Waals surface area contributed by atoms with Crippen molar-refractivity contribution in [3.8, 4) is 11.1 Å². The standard InChI is InChI=1S/C19H12ClN3O2S/c20-12-6-7-14-13(10-12)16(11-4-2-1-3-5-11)17(18(25)22-14)26-19-21-9-8-15(24)23-19/h1-10H,(H,22,25)(H,21,23,24). The smallest absolute Gasteiger partial charge is 0.263 e. The number of aromatic nitrogens is 3. The first-order valence-corrected chi connectivity index (χ1v) is 8.95. The van der Waals surface area contributed by atoms with Crippen molar-refractivity contribution in [1.82, 2.24) is 15.0 Å². The van der Waals surface area contributed by atoms with Gasteiger partial charge in [0.1, 0.15) is 0 Å². The van der Waals surface area contributed by atoms with Gasteiger partial charge in [0.05, 0.1) is 4.90 Å². The van der Waals surface area contributed by atoms with E-state index in [1.807, 2.05) is 36.4 Å². The van der Waals surface area contributed by atoms with Crippen molar-refractivity contribution in [3.05, 3.63) is 86.5 Å². The lowest BCUT2D eigenvalue weighted by Gasteiger charge is -2.12. The lowest BCUT2D eigenvalue weighted by atomic mass is 10.0. The Morgan fingerprint density at radius 3 is 2.54 bits per heavy atom. The van der Waals surface area contributed by atoms with Crippen molar-refractivity contribution in [2.24, 2.45) is 0 Å². The summed E-state index contributed by atoms with van der Waals surface area (Å²) in [5, 5.41) is 1.74. The number of halogens is 1. The molecule has 0 fully saturated rings. The number of H-pyrrole nitrogens is 2. The van der Waals surface area contributed by atoms with Gasteiger partial charge in [0.2, 0.25) is 0 Å². The monoisotopic (exact) mass is 381 g/mol. The van der Waals surface area contributed by atoms with Crippen LogP contribution in [0.4, 0.5) is 0 Å². The molecule has 4 rings (SSSR count). The highest BCUT2D eigenvalue weighted by atomic mass is 35.5. The van der Waals surface area contributed by atoms with Crippen LogP contribution in [0.1, 0.15) is 0 Å². The number of benzene rings is 2. The van der Waals surface area contributed by atoms with E-state index in [2.05, 4.69) is 15.0 Å². The predicted octanol–water partition coefficient (Wildman–Crippen LogP) is 4.08. The molecular weight excluding hydrogens is 370 g/mol. The summed E-state index contributed by atoms with van der Waals surface area (Å²) < 4.78 is 0. The molecule has 2 heterocycles. The molecule has 2 aromatic carbocycles. The van der Waals surface area contributed by atoms with E-state index < -0.39 is 0 Å². The molecule has 0 unspecified atom stereocenters. The van der Waals surface area contributed by atoms with Gasteiger partial charge in [-0.25, -0.2) is 4.98 Å². The van der Waals surface area contributed by atoms with Crippen LogP contribution >= 0.6 is 23.4 Å². The van der Waals surface area contributed by atoms with Gasteiger partial charge in [0.15, 0.2) is 5.16 Å². The third-order valence-electron chi connectivity index (χ3n) is 3.84. The Labute approximate surface area is 157 Å². The second-order valence-electron chi connectivity index (χ2n) is 5.56. The summed E-state index contributed by atoms with van der Waals surface area (Å²) in [5.74, 6) is 0. The van der Waals surface area contributed by atoms with Gasteiger partial charge in [-0.15, -0.1) is 0 Å². The third-order valence-corrected chi connectivity index (χ3v) is 5.07. The third kappa shape index (κ3) is 3.16. The molecule has 0 spiro atoms. The van der Waals surface area contributed by atoms with Crippen molar-refractivity contribution >= 4 is 34.3 Å². The number of hydrogen-bond acceptors (Lipinski definition) is 4. The highest BCUT2D eigenvalue weighted by Crippen LogP contribution is 2.37. The van der Waals surface area contributed by atoms with Gasteiger partial charge in [-0.1, -0.05) is 41.9 Å². The molecule has 0 aliphatic carbocycles. The van der Waals surface area contributed by atoms with E-state index in [0.717, 1.165) is 28.3 Å². The van der Waals surface area contributed by atoms with Crippen LogP contribution in [-0.2, 0) is 0 Å². The Morgan fingerprint density at radius 2 is 1.77 bits per heavy atom. The largest absolute Gasteiger partial charge is 0.321 e. The predicted molar refractivity (Wildman–Crippen MR) is 104 cm³/mol. The molecule has 2 aromatic heterocycles. The van der Waals surface area contributed by atoms with E-state index in [0.29, 0.717) is 20.6 Å². The molecule has 0 amide bonds. The molecule has 0 bridgehead atoms. The topological polar surface area (TPSA) is 78.6 Å². The van der Waals surface area contributed by atoms with Crippen LogP contribution in [-0.4, -0.2) is 15.0 Å². The van der Waals surface area contributed by atoms with Crippen LogP contribution in [0.15, 0.2) is 80.4 Å². The maximum Gasteiger partial charge on any atom is 0.263 e.